The molecule has 29 heavy (non-hydrogen) atoms. The highest BCUT2D eigenvalue weighted by atomic mass is 16.5. The second-order valence-corrected chi connectivity index (χ2v) is 7.12. The molecular weight excluding hydrogens is 364 g/mol. The summed E-state index contributed by atoms with van der Waals surface area (Å²) in [7, 11) is 1.77. The molecule has 0 aliphatic heterocycles. The fourth-order valence-electron chi connectivity index (χ4n) is 2.97. The standard InChI is InChI=1S/C23H34N4O2/c1-5-28-21(18(2)3)13-15-26-23(24-4)27-16-20-12-9-14-25-22(20)29-17-19-10-7-6-8-11-19/h6-12,14,18,21H,5,13,15-17H2,1-4H3,(H2,24,26,27). The van der Waals surface area contributed by atoms with Crippen molar-refractivity contribution in [1.82, 2.24) is 15.6 Å². The van der Waals surface area contributed by atoms with E-state index in [4.69, 9.17) is 9.47 Å². The number of rotatable bonds is 11. The highest BCUT2D eigenvalue weighted by molar-refractivity contribution is 5.79. The molecule has 0 aliphatic carbocycles. The van der Waals surface area contributed by atoms with Crippen molar-refractivity contribution < 1.29 is 9.47 Å². The first-order valence-corrected chi connectivity index (χ1v) is 10.3. The van der Waals surface area contributed by atoms with Gasteiger partial charge in [0.25, 0.3) is 0 Å². The third-order valence-electron chi connectivity index (χ3n) is 4.58. The Labute approximate surface area is 174 Å². The molecule has 2 aromatic rings. The van der Waals surface area contributed by atoms with Crippen LogP contribution < -0.4 is 15.4 Å². The molecular formula is C23H34N4O2. The van der Waals surface area contributed by atoms with Crippen LogP contribution in [0.25, 0.3) is 0 Å². The smallest absolute Gasteiger partial charge is 0.218 e. The largest absolute Gasteiger partial charge is 0.473 e. The number of aliphatic imine (C=N–C) groups is 1. The van der Waals surface area contributed by atoms with Crippen LogP contribution in [-0.2, 0) is 17.9 Å². The lowest BCUT2D eigenvalue weighted by molar-refractivity contribution is 0.0258. The molecule has 1 unspecified atom stereocenters. The van der Waals surface area contributed by atoms with Crippen LogP contribution >= 0.6 is 0 Å². The Bertz CT molecular complexity index is 735. The summed E-state index contributed by atoms with van der Waals surface area (Å²) >= 11 is 0. The Balaban J connectivity index is 1.84. The monoisotopic (exact) mass is 398 g/mol. The van der Waals surface area contributed by atoms with Crippen LogP contribution in [0.2, 0.25) is 0 Å². The predicted molar refractivity (Wildman–Crippen MR) is 118 cm³/mol. The van der Waals surface area contributed by atoms with Crippen molar-refractivity contribution in [2.24, 2.45) is 10.9 Å². The van der Waals surface area contributed by atoms with Crippen molar-refractivity contribution in [2.75, 3.05) is 20.2 Å². The summed E-state index contributed by atoms with van der Waals surface area (Å²) < 4.78 is 11.7. The summed E-state index contributed by atoms with van der Waals surface area (Å²) in [6, 6.07) is 14.0. The lowest BCUT2D eigenvalue weighted by atomic mass is 10.0. The molecule has 0 saturated heterocycles. The first kappa shape index (κ1) is 22.7. The number of nitrogens with one attached hydrogen (secondary N) is 2. The van der Waals surface area contributed by atoms with Gasteiger partial charge in [-0.3, -0.25) is 4.99 Å². The molecule has 0 saturated carbocycles. The fraction of sp³-hybridized carbons (Fsp3) is 0.478. The zero-order chi connectivity index (χ0) is 20.9. The Morgan fingerprint density at radius 3 is 2.59 bits per heavy atom. The number of pyridine rings is 1. The van der Waals surface area contributed by atoms with Gasteiger partial charge >= 0.3 is 0 Å². The van der Waals surface area contributed by atoms with Gasteiger partial charge in [0.15, 0.2) is 5.96 Å². The van der Waals surface area contributed by atoms with Crippen molar-refractivity contribution in [3.05, 3.63) is 59.8 Å². The summed E-state index contributed by atoms with van der Waals surface area (Å²) in [6.07, 6.45) is 2.93. The number of hydrogen-bond donors (Lipinski definition) is 2. The van der Waals surface area contributed by atoms with Gasteiger partial charge in [0.1, 0.15) is 6.61 Å². The third-order valence-corrected chi connectivity index (χ3v) is 4.58. The summed E-state index contributed by atoms with van der Waals surface area (Å²) in [4.78, 5) is 8.69. The second kappa shape index (κ2) is 12.8. The first-order valence-electron chi connectivity index (χ1n) is 10.3. The Kier molecular flexibility index (Phi) is 10.00. The topological polar surface area (TPSA) is 67.8 Å². The van der Waals surface area contributed by atoms with Gasteiger partial charge in [0.05, 0.1) is 6.10 Å². The van der Waals surface area contributed by atoms with E-state index in [0.29, 0.717) is 24.9 Å². The molecule has 2 rings (SSSR count). The van der Waals surface area contributed by atoms with Crippen LogP contribution in [0, 0.1) is 5.92 Å². The van der Waals surface area contributed by atoms with E-state index in [1.165, 1.54) is 0 Å². The molecule has 6 nitrogen and oxygen atoms in total. The molecule has 0 radical (unpaired) electrons. The number of hydrogen-bond acceptors (Lipinski definition) is 4. The van der Waals surface area contributed by atoms with Gasteiger partial charge in [-0.15, -0.1) is 0 Å². The maximum atomic E-state index is 5.93. The van der Waals surface area contributed by atoms with E-state index >= 15 is 0 Å². The van der Waals surface area contributed by atoms with Gasteiger partial charge in [-0.1, -0.05) is 50.2 Å². The molecule has 1 atom stereocenters. The third kappa shape index (κ3) is 8.11. The minimum atomic E-state index is 0.252. The molecule has 1 aromatic carbocycles. The number of nitrogens with zero attached hydrogens (tertiary/aromatic N) is 2. The van der Waals surface area contributed by atoms with Crippen LogP contribution in [0.4, 0.5) is 0 Å². The van der Waals surface area contributed by atoms with Gasteiger partial charge in [-0.05, 0) is 30.9 Å². The maximum Gasteiger partial charge on any atom is 0.218 e. The van der Waals surface area contributed by atoms with Crippen molar-refractivity contribution in [2.45, 2.75) is 46.4 Å². The molecule has 1 heterocycles. The summed E-state index contributed by atoms with van der Waals surface area (Å²) in [5, 5.41) is 6.70. The van der Waals surface area contributed by atoms with Gasteiger partial charge in [0, 0.05) is 38.5 Å². The van der Waals surface area contributed by atoms with E-state index in [1.54, 1.807) is 13.2 Å². The number of guanidine groups is 1. The average molecular weight is 399 g/mol. The summed E-state index contributed by atoms with van der Waals surface area (Å²) in [6.45, 7) is 9.02. The molecule has 158 valence electrons. The highest BCUT2D eigenvalue weighted by Crippen LogP contribution is 2.16. The van der Waals surface area contributed by atoms with Crippen molar-refractivity contribution in [3.8, 4) is 5.88 Å². The van der Waals surface area contributed by atoms with E-state index < -0.39 is 0 Å². The minimum Gasteiger partial charge on any atom is -0.473 e. The number of aromatic nitrogens is 1. The Morgan fingerprint density at radius 2 is 1.90 bits per heavy atom. The summed E-state index contributed by atoms with van der Waals surface area (Å²) in [5.74, 6) is 1.88. The summed E-state index contributed by atoms with van der Waals surface area (Å²) in [5.41, 5.74) is 2.10. The maximum absolute atomic E-state index is 5.93. The molecule has 6 heteroatoms. The van der Waals surface area contributed by atoms with E-state index in [9.17, 15) is 0 Å². The van der Waals surface area contributed by atoms with E-state index in [-0.39, 0.29) is 6.10 Å². The van der Waals surface area contributed by atoms with Crippen molar-refractivity contribution >= 4 is 5.96 Å². The SMILES string of the molecule is CCOC(CCNC(=NC)NCc1cccnc1OCc1ccccc1)C(C)C. The zero-order valence-corrected chi connectivity index (χ0v) is 18.0. The molecule has 0 bridgehead atoms. The highest BCUT2D eigenvalue weighted by Gasteiger charge is 2.13. The number of benzene rings is 1. The van der Waals surface area contributed by atoms with Crippen LogP contribution in [0.3, 0.4) is 0 Å². The average Bonchev–Trinajstić information content (AvgIpc) is 2.75. The Hall–Kier alpha value is -2.60. The molecule has 2 N–H and O–H groups in total. The predicted octanol–water partition coefficient (Wildman–Crippen LogP) is 3.78. The normalized spacial score (nSPS) is 12.7. The van der Waals surface area contributed by atoms with Crippen molar-refractivity contribution in [1.29, 1.82) is 0 Å². The van der Waals surface area contributed by atoms with E-state index in [0.717, 1.165) is 36.7 Å². The van der Waals surface area contributed by atoms with Crippen LogP contribution in [0.5, 0.6) is 5.88 Å². The fourth-order valence-corrected chi connectivity index (χ4v) is 2.97. The van der Waals surface area contributed by atoms with Crippen LogP contribution in [0.1, 0.15) is 38.3 Å². The van der Waals surface area contributed by atoms with Gasteiger partial charge < -0.3 is 20.1 Å². The minimum absolute atomic E-state index is 0.252. The van der Waals surface area contributed by atoms with Gasteiger partial charge in [-0.25, -0.2) is 4.98 Å². The van der Waals surface area contributed by atoms with Crippen LogP contribution in [0.15, 0.2) is 53.7 Å². The van der Waals surface area contributed by atoms with Gasteiger partial charge in [0.2, 0.25) is 5.88 Å². The second-order valence-electron chi connectivity index (χ2n) is 7.12. The first-order chi connectivity index (χ1) is 14.1. The lowest BCUT2D eigenvalue weighted by Gasteiger charge is -2.21. The lowest BCUT2D eigenvalue weighted by Crippen LogP contribution is -2.39. The molecule has 0 fully saturated rings. The van der Waals surface area contributed by atoms with Gasteiger partial charge in [-0.2, -0.15) is 0 Å². The quantitative estimate of drug-likeness (QED) is 0.445. The van der Waals surface area contributed by atoms with Crippen molar-refractivity contribution in [3.63, 3.8) is 0 Å². The molecule has 1 aromatic heterocycles. The van der Waals surface area contributed by atoms with E-state index in [2.05, 4.69) is 34.5 Å². The van der Waals surface area contributed by atoms with Crippen LogP contribution in [-0.4, -0.2) is 37.2 Å². The molecule has 0 spiro atoms. The number of ether oxygens (including phenoxy) is 2. The molecule has 0 amide bonds. The van der Waals surface area contributed by atoms with E-state index in [1.807, 2.05) is 49.4 Å². The molecule has 0 aliphatic rings. The Morgan fingerprint density at radius 1 is 1.10 bits per heavy atom. The zero-order valence-electron chi connectivity index (χ0n) is 18.0.